The van der Waals surface area contributed by atoms with E-state index < -0.39 is 0 Å². The number of anilines is 1. The maximum absolute atomic E-state index is 4.89. The van der Waals surface area contributed by atoms with Crippen LogP contribution in [0.5, 0.6) is 0 Å². The zero-order valence-corrected chi connectivity index (χ0v) is 15.5. The number of rotatable bonds is 3. The van der Waals surface area contributed by atoms with Gasteiger partial charge in [-0.15, -0.1) is 0 Å². The molecule has 134 valence electrons. The van der Waals surface area contributed by atoms with Crippen LogP contribution < -0.4 is 5.32 Å². The van der Waals surface area contributed by atoms with Crippen molar-refractivity contribution >= 4 is 17.0 Å². The van der Waals surface area contributed by atoms with Crippen LogP contribution in [0, 0.1) is 0 Å². The van der Waals surface area contributed by atoms with Crippen molar-refractivity contribution in [2.75, 3.05) is 5.32 Å². The molecule has 4 aromatic rings. The molecule has 1 aliphatic rings. The molecule has 0 unspecified atom stereocenters. The molecule has 2 atom stereocenters. The van der Waals surface area contributed by atoms with E-state index >= 15 is 0 Å². The summed E-state index contributed by atoms with van der Waals surface area (Å²) in [5.41, 5.74) is 6.27. The first-order valence-electron chi connectivity index (χ1n) is 9.71. The standard InChI is InChI=1S/C24H23N3/c1-2-17-12-14-19(15-13-17)23-16-21(18-8-4-3-5-9-18)26-24-25-20-10-6-7-11-22(20)27(23)24/h3-15,21,23H,2,16H2,1H3,(H,25,26)/t21-,23+/m0/s1. The lowest BCUT2D eigenvalue weighted by molar-refractivity contribution is 0.477. The van der Waals surface area contributed by atoms with Gasteiger partial charge in [-0.25, -0.2) is 4.98 Å². The maximum atomic E-state index is 4.89. The van der Waals surface area contributed by atoms with Gasteiger partial charge in [-0.2, -0.15) is 0 Å². The van der Waals surface area contributed by atoms with Gasteiger partial charge < -0.3 is 9.88 Å². The summed E-state index contributed by atoms with van der Waals surface area (Å²) in [6, 6.07) is 28.7. The summed E-state index contributed by atoms with van der Waals surface area (Å²) in [4.78, 5) is 4.89. The van der Waals surface area contributed by atoms with Crippen molar-refractivity contribution in [2.45, 2.75) is 31.8 Å². The van der Waals surface area contributed by atoms with Crippen molar-refractivity contribution in [2.24, 2.45) is 0 Å². The van der Waals surface area contributed by atoms with E-state index in [9.17, 15) is 0 Å². The molecule has 0 amide bonds. The topological polar surface area (TPSA) is 29.9 Å². The average molecular weight is 353 g/mol. The summed E-state index contributed by atoms with van der Waals surface area (Å²) in [5.74, 6) is 0.959. The highest BCUT2D eigenvalue weighted by Crippen LogP contribution is 2.41. The molecule has 0 spiro atoms. The van der Waals surface area contributed by atoms with Crippen LogP contribution in [0.1, 0.15) is 42.1 Å². The van der Waals surface area contributed by atoms with Gasteiger partial charge in [0.1, 0.15) is 0 Å². The van der Waals surface area contributed by atoms with Crippen molar-refractivity contribution in [1.82, 2.24) is 9.55 Å². The predicted octanol–water partition coefficient (Wildman–Crippen LogP) is 5.75. The molecular weight excluding hydrogens is 330 g/mol. The average Bonchev–Trinajstić information content (AvgIpc) is 3.12. The Balaban J connectivity index is 1.65. The highest BCUT2D eigenvalue weighted by Gasteiger charge is 2.30. The quantitative estimate of drug-likeness (QED) is 0.508. The predicted molar refractivity (Wildman–Crippen MR) is 111 cm³/mol. The summed E-state index contributed by atoms with van der Waals surface area (Å²) in [6.45, 7) is 2.20. The molecule has 27 heavy (non-hydrogen) atoms. The second kappa shape index (κ2) is 6.58. The van der Waals surface area contributed by atoms with E-state index in [4.69, 9.17) is 4.98 Å². The Morgan fingerprint density at radius 1 is 0.889 bits per heavy atom. The number of aryl methyl sites for hydroxylation is 1. The number of nitrogens with zero attached hydrogens (tertiary/aromatic N) is 2. The van der Waals surface area contributed by atoms with E-state index in [1.165, 1.54) is 22.2 Å². The van der Waals surface area contributed by atoms with Crippen molar-refractivity contribution in [3.63, 3.8) is 0 Å². The number of para-hydroxylation sites is 2. The number of benzene rings is 3. The van der Waals surface area contributed by atoms with Crippen LogP contribution >= 0.6 is 0 Å². The summed E-state index contributed by atoms with van der Waals surface area (Å²) >= 11 is 0. The lowest BCUT2D eigenvalue weighted by atomic mass is 9.92. The Morgan fingerprint density at radius 3 is 2.41 bits per heavy atom. The van der Waals surface area contributed by atoms with Crippen molar-refractivity contribution in [1.29, 1.82) is 0 Å². The fraction of sp³-hybridized carbons (Fsp3) is 0.208. The minimum atomic E-state index is 0.256. The molecule has 3 heteroatoms. The molecule has 0 radical (unpaired) electrons. The van der Waals surface area contributed by atoms with Crippen molar-refractivity contribution in [3.8, 4) is 0 Å². The molecule has 3 nitrogen and oxygen atoms in total. The van der Waals surface area contributed by atoms with Gasteiger partial charge in [-0.3, -0.25) is 0 Å². The first-order chi connectivity index (χ1) is 13.3. The zero-order valence-electron chi connectivity index (χ0n) is 15.5. The largest absolute Gasteiger partial charge is 0.349 e. The van der Waals surface area contributed by atoms with E-state index in [2.05, 4.69) is 95.7 Å². The van der Waals surface area contributed by atoms with Gasteiger partial charge in [-0.1, -0.05) is 73.7 Å². The molecule has 1 aliphatic heterocycles. The number of aromatic nitrogens is 2. The molecule has 0 aliphatic carbocycles. The summed E-state index contributed by atoms with van der Waals surface area (Å²) in [5, 5.41) is 3.68. The molecule has 0 fully saturated rings. The Hall–Kier alpha value is -3.07. The molecule has 0 saturated heterocycles. The number of hydrogen-bond donors (Lipinski definition) is 1. The van der Waals surface area contributed by atoms with E-state index in [0.717, 1.165) is 24.3 Å². The first kappa shape index (κ1) is 16.1. The molecule has 0 saturated carbocycles. The van der Waals surface area contributed by atoms with Crippen LogP contribution in [0.25, 0.3) is 11.0 Å². The Morgan fingerprint density at radius 2 is 1.63 bits per heavy atom. The van der Waals surface area contributed by atoms with Gasteiger partial charge >= 0.3 is 0 Å². The van der Waals surface area contributed by atoms with E-state index in [1.54, 1.807) is 0 Å². The third-order valence-corrected chi connectivity index (χ3v) is 5.64. The maximum Gasteiger partial charge on any atom is 0.204 e. The van der Waals surface area contributed by atoms with Gasteiger partial charge in [0.2, 0.25) is 5.95 Å². The third-order valence-electron chi connectivity index (χ3n) is 5.64. The number of fused-ring (bicyclic) bond motifs is 3. The van der Waals surface area contributed by atoms with Crippen molar-refractivity contribution in [3.05, 3.63) is 95.6 Å². The summed E-state index contributed by atoms with van der Waals surface area (Å²) < 4.78 is 2.37. The molecule has 1 aromatic heterocycles. The minimum absolute atomic E-state index is 0.256. The third kappa shape index (κ3) is 2.80. The highest BCUT2D eigenvalue weighted by atomic mass is 15.3. The molecular formula is C24H23N3. The number of nitrogens with one attached hydrogen (secondary N) is 1. The monoisotopic (exact) mass is 353 g/mol. The summed E-state index contributed by atoms with van der Waals surface area (Å²) in [7, 11) is 0. The second-order valence-electron chi connectivity index (χ2n) is 7.25. The van der Waals surface area contributed by atoms with Gasteiger partial charge in [0.15, 0.2) is 0 Å². The van der Waals surface area contributed by atoms with Gasteiger partial charge in [-0.05, 0) is 41.7 Å². The van der Waals surface area contributed by atoms with Crippen LogP contribution in [0.2, 0.25) is 0 Å². The fourth-order valence-electron chi connectivity index (χ4n) is 4.17. The van der Waals surface area contributed by atoms with Crippen LogP contribution in [0.3, 0.4) is 0 Å². The minimum Gasteiger partial charge on any atom is -0.349 e. The summed E-state index contributed by atoms with van der Waals surface area (Å²) in [6.07, 6.45) is 2.07. The number of imidazole rings is 1. The molecule has 2 heterocycles. The smallest absolute Gasteiger partial charge is 0.204 e. The molecule has 3 aromatic carbocycles. The Bertz CT molecular complexity index is 1060. The van der Waals surface area contributed by atoms with Crippen molar-refractivity contribution < 1.29 is 0 Å². The van der Waals surface area contributed by atoms with Gasteiger partial charge in [0, 0.05) is 0 Å². The van der Waals surface area contributed by atoms with Crippen LogP contribution in [-0.4, -0.2) is 9.55 Å². The first-order valence-corrected chi connectivity index (χ1v) is 9.71. The Labute approximate surface area is 159 Å². The normalized spacial score (nSPS) is 18.9. The molecule has 1 N–H and O–H groups in total. The van der Waals surface area contributed by atoms with Gasteiger partial charge in [0.25, 0.3) is 0 Å². The highest BCUT2D eigenvalue weighted by molar-refractivity contribution is 5.79. The van der Waals surface area contributed by atoms with E-state index in [1.807, 2.05) is 0 Å². The lowest BCUT2D eigenvalue weighted by Gasteiger charge is -2.33. The SMILES string of the molecule is CCc1ccc([C@H]2C[C@@H](c3ccccc3)Nc3nc4ccccc4n32)cc1. The van der Waals surface area contributed by atoms with Crippen LogP contribution in [0.15, 0.2) is 78.9 Å². The Kier molecular flexibility index (Phi) is 3.93. The van der Waals surface area contributed by atoms with Crippen LogP contribution in [0.4, 0.5) is 5.95 Å². The molecule has 5 rings (SSSR count). The fourth-order valence-corrected chi connectivity index (χ4v) is 4.17. The van der Waals surface area contributed by atoms with Gasteiger partial charge in [0.05, 0.1) is 23.1 Å². The lowest BCUT2D eigenvalue weighted by Crippen LogP contribution is -2.27. The van der Waals surface area contributed by atoms with E-state index in [0.29, 0.717) is 0 Å². The molecule has 0 bridgehead atoms. The second-order valence-corrected chi connectivity index (χ2v) is 7.25. The van der Waals surface area contributed by atoms with Crippen LogP contribution in [-0.2, 0) is 6.42 Å². The zero-order chi connectivity index (χ0) is 18.2. The van der Waals surface area contributed by atoms with E-state index in [-0.39, 0.29) is 12.1 Å². The number of hydrogen-bond acceptors (Lipinski definition) is 2.